The highest BCUT2D eigenvalue weighted by Crippen LogP contribution is 2.55. The Hall–Kier alpha value is -0.700. The average molecular weight is 428 g/mol. The molecule has 0 aliphatic heterocycles. The second-order valence-electron chi connectivity index (χ2n) is 4.98. The molecule has 0 N–H and O–H groups in total. The maximum Gasteiger partial charge on any atom is 0.460 e. The van der Waals surface area contributed by atoms with E-state index in [4.69, 9.17) is 0 Å². The summed E-state index contributed by atoms with van der Waals surface area (Å²) in [5, 5.41) is -8.26. The van der Waals surface area contributed by atoms with E-state index in [2.05, 4.69) is 3.63 Å². The third kappa shape index (κ3) is 3.86. The van der Waals surface area contributed by atoms with Crippen LogP contribution >= 0.6 is 12.0 Å². The lowest BCUT2D eigenvalue weighted by Crippen LogP contribution is -2.63. The Morgan fingerprint density at radius 3 is 1.88 bits per heavy atom. The second-order valence-corrected chi connectivity index (χ2v) is 7.71. The van der Waals surface area contributed by atoms with E-state index in [1.165, 1.54) is 0 Å². The van der Waals surface area contributed by atoms with Gasteiger partial charge in [-0.15, -0.1) is 0 Å². The topological polar surface area (TPSA) is 60.4 Å². The van der Waals surface area contributed by atoms with Crippen molar-refractivity contribution in [2.75, 3.05) is 0 Å². The van der Waals surface area contributed by atoms with Crippen molar-refractivity contribution in [2.24, 2.45) is 0 Å². The van der Waals surface area contributed by atoms with Crippen LogP contribution in [0.15, 0.2) is 0 Å². The number of hydrogen-bond acceptors (Lipinski definition) is 5. The molecule has 1 rings (SSSR count). The van der Waals surface area contributed by atoms with Gasteiger partial charge in [-0.25, -0.2) is 0 Å². The van der Waals surface area contributed by atoms with E-state index in [1.54, 1.807) is 0 Å². The largest absolute Gasteiger partial charge is 0.460 e. The summed E-state index contributed by atoms with van der Waals surface area (Å²) in [5.41, 5.74) is 0. The van der Waals surface area contributed by atoms with Gasteiger partial charge in [-0.2, -0.15) is 51.6 Å². The molecule has 1 atom stereocenters. The van der Waals surface area contributed by atoms with Gasteiger partial charge in [-0.3, -0.25) is 4.79 Å². The van der Waals surface area contributed by atoms with Crippen molar-refractivity contribution in [3.05, 3.63) is 0 Å². The number of Topliss-reactive ketones (excluding diaryl/α,β-unsaturated/α-hetero) is 1. The van der Waals surface area contributed by atoms with Crippen molar-refractivity contribution < 1.29 is 56.4 Å². The number of ketones is 1. The first-order valence-corrected chi connectivity index (χ1v) is 8.52. The molecular formula is C10H9F9O4S2. The van der Waals surface area contributed by atoms with Crippen LogP contribution in [0, 0.1) is 0 Å². The first kappa shape index (κ1) is 22.3. The number of carbonyl (C=O) groups excluding carboxylic acids is 1. The minimum Gasteiger partial charge on any atom is -0.298 e. The van der Waals surface area contributed by atoms with Crippen molar-refractivity contribution in [2.45, 2.75) is 54.2 Å². The fourth-order valence-electron chi connectivity index (χ4n) is 1.71. The zero-order valence-electron chi connectivity index (χ0n) is 11.8. The Bertz CT molecular complexity index is 614. The summed E-state index contributed by atoms with van der Waals surface area (Å²) in [6.45, 7) is 0. The van der Waals surface area contributed by atoms with Crippen LogP contribution in [-0.4, -0.2) is 42.7 Å². The number of hydrogen-bond donors (Lipinski definition) is 0. The molecular weight excluding hydrogens is 419 g/mol. The molecule has 148 valence electrons. The Balaban J connectivity index is 3.07. The van der Waals surface area contributed by atoms with Crippen LogP contribution < -0.4 is 0 Å². The molecule has 0 aromatic heterocycles. The monoisotopic (exact) mass is 428 g/mol. The van der Waals surface area contributed by atoms with E-state index < -0.39 is 56.5 Å². The van der Waals surface area contributed by atoms with Gasteiger partial charge < -0.3 is 0 Å². The summed E-state index contributed by atoms with van der Waals surface area (Å²) in [6.07, 6.45) is -6.57. The minimum absolute atomic E-state index is 0.0697. The first-order valence-electron chi connectivity index (χ1n) is 6.31. The second kappa shape index (κ2) is 6.79. The molecule has 0 heterocycles. The third-order valence-corrected chi connectivity index (χ3v) is 5.82. The Labute approximate surface area is 139 Å². The van der Waals surface area contributed by atoms with Gasteiger partial charge in [0.25, 0.3) is 0 Å². The van der Waals surface area contributed by atoms with Gasteiger partial charge in [0.05, 0.1) is 5.25 Å². The number of halogens is 9. The van der Waals surface area contributed by atoms with E-state index in [9.17, 15) is 52.7 Å². The predicted octanol–water partition coefficient (Wildman–Crippen LogP) is 3.92. The molecule has 0 saturated heterocycles. The number of carbonyl (C=O) groups is 1. The first-order chi connectivity index (χ1) is 11.0. The van der Waals surface area contributed by atoms with E-state index in [0.29, 0.717) is 12.8 Å². The van der Waals surface area contributed by atoms with E-state index >= 15 is 0 Å². The zero-order chi connectivity index (χ0) is 19.9. The van der Waals surface area contributed by atoms with Crippen LogP contribution in [0.4, 0.5) is 39.5 Å². The van der Waals surface area contributed by atoms with Gasteiger partial charge in [0, 0.05) is 18.5 Å². The Morgan fingerprint density at radius 1 is 0.920 bits per heavy atom. The maximum atomic E-state index is 13.3. The summed E-state index contributed by atoms with van der Waals surface area (Å²) < 4.78 is 140. The highest BCUT2D eigenvalue weighted by atomic mass is 32.3. The van der Waals surface area contributed by atoms with E-state index in [1.807, 2.05) is 0 Å². The van der Waals surface area contributed by atoms with Crippen molar-refractivity contribution in [1.82, 2.24) is 0 Å². The normalized spacial score (nSPS) is 21.5. The fraction of sp³-hybridized carbons (Fsp3) is 0.900. The molecule has 0 spiro atoms. The van der Waals surface area contributed by atoms with Crippen molar-refractivity contribution in [1.29, 1.82) is 0 Å². The summed E-state index contributed by atoms with van der Waals surface area (Å²) >= 11 is -0.503. The highest BCUT2D eigenvalue weighted by Gasteiger charge is 2.86. The van der Waals surface area contributed by atoms with Crippen LogP contribution in [-0.2, 0) is 18.5 Å². The van der Waals surface area contributed by atoms with Crippen LogP contribution in [0.5, 0.6) is 0 Å². The number of rotatable bonds is 6. The minimum atomic E-state index is -7.36. The molecule has 0 amide bonds. The van der Waals surface area contributed by atoms with Crippen LogP contribution in [0.1, 0.15) is 25.7 Å². The molecule has 0 bridgehead atoms. The number of alkyl halides is 9. The molecule has 1 unspecified atom stereocenters. The molecule has 1 aliphatic rings. The summed E-state index contributed by atoms with van der Waals surface area (Å²) in [7, 11) is -6.94. The lowest BCUT2D eigenvalue weighted by atomic mass is 9.99. The summed E-state index contributed by atoms with van der Waals surface area (Å²) in [5.74, 6) is -15.4. The van der Waals surface area contributed by atoms with Gasteiger partial charge >= 0.3 is 33.4 Å². The Kier molecular flexibility index (Phi) is 6.07. The summed E-state index contributed by atoms with van der Waals surface area (Å²) in [6, 6.07) is 0. The average Bonchev–Trinajstić information content (AvgIpc) is 2.44. The zero-order valence-corrected chi connectivity index (χ0v) is 13.4. The molecule has 1 aliphatic carbocycles. The van der Waals surface area contributed by atoms with E-state index in [-0.39, 0.29) is 12.8 Å². The fourth-order valence-corrected chi connectivity index (χ4v) is 3.78. The van der Waals surface area contributed by atoms with Crippen molar-refractivity contribution in [3.8, 4) is 0 Å². The Morgan fingerprint density at radius 2 is 1.44 bits per heavy atom. The summed E-state index contributed by atoms with van der Waals surface area (Å²) in [4.78, 5) is 11.3. The standard InChI is InChI=1S/C10H9F9O4S2/c11-7(12,9(15,16)17)8(13,14)10(18,19)25(21,22)23-24-6-4-2-1-3-5(6)20/h6H,1-4H2. The molecule has 15 heteroatoms. The maximum absolute atomic E-state index is 13.3. The highest BCUT2D eigenvalue weighted by molar-refractivity contribution is 8.05. The molecule has 0 aromatic rings. The molecule has 0 aromatic carbocycles. The SMILES string of the molecule is O=C1CCCCC1SOS(=O)(=O)C(F)(F)C(F)(F)C(F)(F)C(F)(F)F. The van der Waals surface area contributed by atoms with E-state index in [0.717, 1.165) is 0 Å². The molecule has 0 radical (unpaired) electrons. The van der Waals surface area contributed by atoms with Gasteiger partial charge in [0.2, 0.25) is 0 Å². The lowest BCUT2D eigenvalue weighted by Gasteiger charge is -2.32. The van der Waals surface area contributed by atoms with Crippen molar-refractivity contribution in [3.63, 3.8) is 0 Å². The van der Waals surface area contributed by atoms with Gasteiger partial charge in [0.1, 0.15) is 5.78 Å². The van der Waals surface area contributed by atoms with Crippen LogP contribution in [0.25, 0.3) is 0 Å². The molecule has 4 nitrogen and oxygen atoms in total. The lowest BCUT2D eigenvalue weighted by molar-refractivity contribution is -0.382. The predicted molar refractivity (Wildman–Crippen MR) is 65.8 cm³/mol. The molecule has 25 heavy (non-hydrogen) atoms. The van der Waals surface area contributed by atoms with Gasteiger partial charge in [0.15, 0.2) is 0 Å². The quantitative estimate of drug-likeness (QED) is 0.474. The smallest absolute Gasteiger partial charge is 0.298 e. The van der Waals surface area contributed by atoms with Crippen LogP contribution in [0.3, 0.4) is 0 Å². The molecule has 1 saturated carbocycles. The van der Waals surface area contributed by atoms with Crippen molar-refractivity contribution >= 4 is 27.9 Å². The molecule has 1 fully saturated rings. The third-order valence-electron chi connectivity index (χ3n) is 3.17. The van der Waals surface area contributed by atoms with Gasteiger partial charge in [-0.05, 0) is 12.8 Å². The van der Waals surface area contributed by atoms with Crippen LogP contribution in [0.2, 0.25) is 0 Å². The van der Waals surface area contributed by atoms with Gasteiger partial charge in [-0.1, -0.05) is 6.42 Å².